The largest absolute Gasteiger partial charge is 0.480 e. The number of fused-ring (bicyclic) bond motifs is 1. The molecule has 2 N–H and O–H groups in total. The molecule has 0 radical (unpaired) electrons. The Kier molecular flexibility index (Phi) is 4.74. The molecule has 1 aliphatic rings. The summed E-state index contributed by atoms with van der Waals surface area (Å²) in [5, 5.41) is 9.62. The minimum absolute atomic E-state index is 0.00604. The van der Waals surface area contributed by atoms with Gasteiger partial charge in [0.15, 0.2) is 0 Å². The van der Waals surface area contributed by atoms with Crippen molar-refractivity contribution in [2.75, 3.05) is 0 Å². The first-order chi connectivity index (χ1) is 12.0. The van der Waals surface area contributed by atoms with E-state index in [1.165, 1.54) is 11.2 Å². The number of aliphatic carboxylic acids is 1. The average molecular weight is 343 g/mol. The van der Waals surface area contributed by atoms with Gasteiger partial charge in [-0.25, -0.2) is 14.6 Å². The number of ether oxygens (including phenoxy) is 1. The zero-order valence-corrected chi connectivity index (χ0v) is 14.2. The third kappa shape index (κ3) is 3.35. The molecule has 0 fully saturated rings. The van der Waals surface area contributed by atoms with Crippen LogP contribution in [0.3, 0.4) is 0 Å². The molecule has 0 spiro atoms. The smallest absolute Gasteiger partial charge is 0.411 e. The number of carbonyl (C=O) groups is 2. The van der Waals surface area contributed by atoms with Gasteiger partial charge in [0.25, 0.3) is 0 Å². The Morgan fingerprint density at radius 2 is 2.08 bits per heavy atom. The van der Waals surface area contributed by atoms with Crippen LogP contribution in [0.4, 0.5) is 4.79 Å². The molecule has 1 amide bonds. The van der Waals surface area contributed by atoms with E-state index in [0.29, 0.717) is 5.69 Å². The Morgan fingerprint density at radius 3 is 2.72 bits per heavy atom. The summed E-state index contributed by atoms with van der Waals surface area (Å²) in [5.74, 6) is -1.06. The lowest BCUT2D eigenvalue weighted by Gasteiger charge is -2.40. The third-order valence-electron chi connectivity index (χ3n) is 4.40. The SMILES string of the molecule is CC(C)C1c2nc[nH]c2CC(C(=O)O)N1C(=O)OCc1ccccc1. The van der Waals surface area contributed by atoms with Gasteiger partial charge in [0, 0.05) is 12.1 Å². The van der Waals surface area contributed by atoms with Crippen molar-refractivity contribution in [1.82, 2.24) is 14.9 Å². The molecule has 1 aromatic carbocycles. The molecular weight excluding hydrogens is 322 g/mol. The molecule has 2 heterocycles. The topological polar surface area (TPSA) is 95.5 Å². The Labute approximate surface area is 145 Å². The first-order valence-electron chi connectivity index (χ1n) is 8.23. The molecule has 3 rings (SSSR count). The molecule has 1 aromatic heterocycles. The molecule has 7 nitrogen and oxygen atoms in total. The van der Waals surface area contributed by atoms with Gasteiger partial charge in [0.2, 0.25) is 0 Å². The molecule has 2 atom stereocenters. The van der Waals surface area contributed by atoms with Gasteiger partial charge < -0.3 is 14.8 Å². The second-order valence-electron chi connectivity index (χ2n) is 6.46. The molecule has 0 bridgehead atoms. The summed E-state index contributed by atoms with van der Waals surface area (Å²) in [6, 6.07) is 7.87. The van der Waals surface area contributed by atoms with E-state index in [1.54, 1.807) is 0 Å². The van der Waals surface area contributed by atoms with Crippen LogP contribution in [0.2, 0.25) is 0 Å². The molecule has 132 valence electrons. The minimum Gasteiger partial charge on any atom is -0.480 e. The predicted octanol–water partition coefficient (Wildman–Crippen LogP) is 2.75. The lowest BCUT2D eigenvalue weighted by atomic mass is 9.89. The standard InChI is InChI=1S/C18H21N3O4/c1-11(2)16-15-13(19-10-20-15)8-14(17(22)23)21(16)18(24)25-9-12-6-4-3-5-7-12/h3-7,10-11,14,16H,8-9H2,1-2H3,(H,19,20)(H,22,23). The summed E-state index contributed by atoms with van der Waals surface area (Å²) >= 11 is 0. The summed E-state index contributed by atoms with van der Waals surface area (Å²) in [6.07, 6.45) is 1.09. The number of imidazole rings is 1. The van der Waals surface area contributed by atoms with Crippen LogP contribution in [0, 0.1) is 5.92 Å². The van der Waals surface area contributed by atoms with Crippen LogP contribution in [0.1, 0.15) is 36.8 Å². The van der Waals surface area contributed by atoms with Gasteiger partial charge in [-0.1, -0.05) is 44.2 Å². The highest BCUT2D eigenvalue weighted by molar-refractivity contribution is 5.81. The molecule has 2 aromatic rings. The van der Waals surface area contributed by atoms with Gasteiger partial charge in [-0.05, 0) is 11.5 Å². The Morgan fingerprint density at radius 1 is 1.36 bits per heavy atom. The number of nitrogens with zero attached hydrogens (tertiary/aromatic N) is 2. The number of carboxylic acids is 1. The number of benzene rings is 1. The van der Waals surface area contributed by atoms with Crippen molar-refractivity contribution in [3.63, 3.8) is 0 Å². The van der Waals surface area contributed by atoms with Crippen molar-refractivity contribution >= 4 is 12.1 Å². The maximum atomic E-state index is 12.7. The Balaban J connectivity index is 1.86. The number of rotatable bonds is 4. The zero-order valence-electron chi connectivity index (χ0n) is 14.2. The quantitative estimate of drug-likeness (QED) is 0.890. The van der Waals surface area contributed by atoms with Gasteiger partial charge in [-0.3, -0.25) is 4.90 Å². The number of amides is 1. The number of carboxylic acid groups (broad SMARTS) is 1. The molecular formula is C18H21N3O4. The fourth-order valence-corrected chi connectivity index (χ4v) is 3.25. The van der Waals surface area contributed by atoms with E-state index in [9.17, 15) is 14.7 Å². The zero-order chi connectivity index (χ0) is 18.0. The highest BCUT2D eigenvalue weighted by atomic mass is 16.6. The molecule has 7 heteroatoms. The van der Waals surface area contributed by atoms with E-state index in [1.807, 2.05) is 44.2 Å². The van der Waals surface area contributed by atoms with Crippen LogP contribution in [0.25, 0.3) is 0 Å². The maximum Gasteiger partial charge on any atom is 0.411 e. The Bertz CT molecular complexity index is 757. The number of hydrogen-bond acceptors (Lipinski definition) is 4. The second-order valence-corrected chi connectivity index (χ2v) is 6.46. The normalized spacial score (nSPS) is 19.6. The number of H-pyrrole nitrogens is 1. The van der Waals surface area contributed by atoms with Gasteiger partial charge >= 0.3 is 12.1 Å². The first-order valence-corrected chi connectivity index (χ1v) is 8.23. The first kappa shape index (κ1) is 17.0. The molecule has 0 saturated heterocycles. The monoisotopic (exact) mass is 343 g/mol. The summed E-state index contributed by atoms with van der Waals surface area (Å²) in [7, 11) is 0. The fourth-order valence-electron chi connectivity index (χ4n) is 3.25. The lowest BCUT2D eigenvalue weighted by molar-refractivity contribution is -0.144. The van der Waals surface area contributed by atoms with Crippen molar-refractivity contribution in [3.05, 3.63) is 53.6 Å². The fraction of sp³-hybridized carbons (Fsp3) is 0.389. The molecule has 1 aliphatic heterocycles. The number of aromatic nitrogens is 2. The van der Waals surface area contributed by atoms with Gasteiger partial charge in [-0.15, -0.1) is 0 Å². The molecule has 2 unspecified atom stereocenters. The van der Waals surface area contributed by atoms with E-state index < -0.39 is 24.1 Å². The molecule has 25 heavy (non-hydrogen) atoms. The summed E-state index contributed by atoms with van der Waals surface area (Å²) in [6.45, 7) is 3.97. The maximum absolute atomic E-state index is 12.7. The highest BCUT2D eigenvalue weighted by Gasteiger charge is 2.44. The van der Waals surface area contributed by atoms with Crippen molar-refractivity contribution in [1.29, 1.82) is 0 Å². The minimum atomic E-state index is -1.05. The van der Waals surface area contributed by atoms with E-state index in [4.69, 9.17) is 4.74 Å². The van der Waals surface area contributed by atoms with Crippen molar-refractivity contribution in [3.8, 4) is 0 Å². The summed E-state index contributed by atoms with van der Waals surface area (Å²) in [4.78, 5) is 33.1. The van der Waals surface area contributed by atoms with Crippen molar-refractivity contribution < 1.29 is 19.4 Å². The van der Waals surface area contributed by atoms with Crippen LogP contribution >= 0.6 is 0 Å². The van der Waals surface area contributed by atoms with Crippen LogP contribution in [-0.4, -0.2) is 38.1 Å². The number of carbonyl (C=O) groups excluding carboxylic acids is 1. The Hall–Kier alpha value is -2.83. The van der Waals surface area contributed by atoms with Gasteiger partial charge in [-0.2, -0.15) is 0 Å². The van der Waals surface area contributed by atoms with E-state index in [2.05, 4.69) is 9.97 Å². The van der Waals surface area contributed by atoms with Gasteiger partial charge in [0.1, 0.15) is 12.6 Å². The van der Waals surface area contributed by atoms with E-state index >= 15 is 0 Å². The third-order valence-corrected chi connectivity index (χ3v) is 4.40. The molecule has 0 saturated carbocycles. The van der Waals surface area contributed by atoms with Crippen LogP contribution in [0.5, 0.6) is 0 Å². The molecule has 0 aliphatic carbocycles. The average Bonchev–Trinajstić information content (AvgIpc) is 3.06. The van der Waals surface area contributed by atoms with Crippen LogP contribution in [0.15, 0.2) is 36.7 Å². The van der Waals surface area contributed by atoms with E-state index in [0.717, 1.165) is 11.3 Å². The summed E-state index contributed by atoms with van der Waals surface area (Å²) < 4.78 is 5.41. The number of aromatic amines is 1. The van der Waals surface area contributed by atoms with Crippen molar-refractivity contribution in [2.45, 2.75) is 39.0 Å². The number of hydrogen-bond donors (Lipinski definition) is 2. The predicted molar refractivity (Wildman–Crippen MR) is 89.8 cm³/mol. The van der Waals surface area contributed by atoms with Gasteiger partial charge in [0.05, 0.1) is 18.1 Å². The number of nitrogens with one attached hydrogen (secondary N) is 1. The van der Waals surface area contributed by atoms with Crippen molar-refractivity contribution in [2.24, 2.45) is 5.92 Å². The lowest BCUT2D eigenvalue weighted by Crippen LogP contribution is -2.52. The van der Waals surface area contributed by atoms with E-state index in [-0.39, 0.29) is 18.9 Å². The van der Waals surface area contributed by atoms with Crippen LogP contribution in [-0.2, 0) is 22.6 Å². The highest BCUT2D eigenvalue weighted by Crippen LogP contribution is 2.37. The summed E-state index contributed by atoms with van der Waals surface area (Å²) in [5.41, 5.74) is 2.32. The second kappa shape index (κ2) is 6.96. The van der Waals surface area contributed by atoms with Crippen LogP contribution < -0.4 is 0 Å².